The Kier molecular flexibility index (Phi) is 68.5. The van der Waals surface area contributed by atoms with Gasteiger partial charge < -0.3 is 18.9 Å². The summed E-state index contributed by atoms with van der Waals surface area (Å²) in [5.41, 5.74) is 0. The third-order valence-corrected chi connectivity index (χ3v) is 17.2. The standard InChI is InChI=1S/C82H142NO8P/c1-6-8-10-12-14-16-18-20-22-24-26-28-30-32-34-36-38-39-40-41-42-43-45-47-49-51-53-55-57-59-61-63-65-67-69-71-73-75-82(85)91-80(79-90-92(86,87)89-77-76-83(3,4)5)78-88-81(84)74-72-70-68-66-64-62-60-58-56-54-52-50-48-46-44-37-35-33-31-29-27-25-23-21-19-17-15-13-11-9-7-2/h8,10,14,16,20,22,26,28,32,34,38-39,41-42,45,47,51,53,57,59,63,65,80H,6-7,9,11-13,15,17-19,21,23-25,27,29-31,33,35-37,40,43-44,46,48-50,52,54-56,58,60-62,64,66-79H2,1-5H3/p+1/b10-8-,16-14-,22-20-,28-26-,34-32-,39-38-,42-41-,47-45-,53-51-,59-57-,65-63-. The number of likely N-dealkylation sites (N-methyl/N-ethyl adjacent to an activating group) is 1. The van der Waals surface area contributed by atoms with Gasteiger partial charge in [0.15, 0.2) is 6.10 Å². The predicted molar refractivity (Wildman–Crippen MR) is 399 cm³/mol. The molecule has 0 radical (unpaired) electrons. The fourth-order valence-corrected chi connectivity index (χ4v) is 11.2. The van der Waals surface area contributed by atoms with Gasteiger partial charge in [0.1, 0.15) is 19.8 Å². The molecule has 0 fully saturated rings. The van der Waals surface area contributed by atoms with E-state index in [4.69, 9.17) is 18.5 Å². The first-order valence-corrected chi connectivity index (χ1v) is 39.4. The van der Waals surface area contributed by atoms with E-state index in [1.54, 1.807) is 0 Å². The fourth-order valence-electron chi connectivity index (χ4n) is 10.4. The molecule has 528 valence electrons. The molecule has 0 amide bonds. The molecule has 0 spiro atoms. The maximum Gasteiger partial charge on any atom is 0.472 e. The van der Waals surface area contributed by atoms with Gasteiger partial charge in [-0.05, 0) is 96.3 Å². The van der Waals surface area contributed by atoms with E-state index in [1.165, 1.54) is 180 Å². The molecule has 0 heterocycles. The summed E-state index contributed by atoms with van der Waals surface area (Å²) in [5, 5.41) is 0. The third kappa shape index (κ3) is 75.2. The van der Waals surface area contributed by atoms with Crippen LogP contribution in [0.2, 0.25) is 0 Å². The third-order valence-electron chi connectivity index (χ3n) is 16.2. The number of carbonyl (C=O) groups excluding carboxylic acids is 2. The summed E-state index contributed by atoms with van der Waals surface area (Å²) in [5.74, 6) is -0.832. The lowest BCUT2D eigenvalue weighted by Gasteiger charge is -2.24. The van der Waals surface area contributed by atoms with Crippen LogP contribution in [-0.4, -0.2) is 74.9 Å². The highest BCUT2D eigenvalue weighted by Crippen LogP contribution is 2.43. The fraction of sp³-hybridized carbons (Fsp3) is 0.707. The number of phosphoric ester groups is 1. The molecule has 0 aliphatic heterocycles. The first-order valence-electron chi connectivity index (χ1n) is 37.9. The van der Waals surface area contributed by atoms with Crippen molar-refractivity contribution in [1.82, 2.24) is 0 Å². The van der Waals surface area contributed by atoms with E-state index in [9.17, 15) is 19.0 Å². The number of quaternary nitrogens is 1. The Morgan fingerprint density at radius 2 is 0.620 bits per heavy atom. The minimum Gasteiger partial charge on any atom is -0.462 e. The van der Waals surface area contributed by atoms with Crippen molar-refractivity contribution < 1.29 is 42.1 Å². The number of nitrogens with zero attached hydrogens (tertiary/aromatic N) is 1. The number of hydrogen-bond acceptors (Lipinski definition) is 7. The van der Waals surface area contributed by atoms with Crippen LogP contribution in [0.3, 0.4) is 0 Å². The van der Waals surface area contributed by atoms with Crippen LogP contribution in [-0.2, 0) is 32.7 Å². The molecule has 2 atom stereocenters. The summed E-state index contributed by atoms with van der Waals surface area (Å²) in [6.45, 7) is 4.31. The molecular formula is C82H143NO8P+. The lowest BCUT2D eigenvalue weighted by Crippen LogP contribution is -2.37. The number of allylic oxidation sites excluding steroid dienone is 22. The van der Waals surface area contributed by atoms with Crippen LogP contribution in [0.5, 0.6) is 0 Å². The summed E-state index contributed by atoms with van der Waals surface area (Å²) in [6.07, 6.45) is 104. The van der Waals surface area contributed by atoms with E-state index in [-0.39, 0.29) is 32.0 Å². The van der Waals surface area contributed by atoms with Crippen molar-refractivity contribution >= 4 is 19.8 Å². The zero-order valence-corrected chi connectivity index (χ0v) is 61.1. The van der Waals surface area contributed by atoms with Gasteiger partial charge in [-0.1, -0.05) is 347 Å². The Hall–Kier alpha value is -3.85. The van der Waals surface area contributed by atoms with Crippen LogP contribution in [0.15, 0.2) is 134 Å². The highest BCUT2D eigenvalue weighted by Gasteiger charge is 2.27. The normalized spacial score (nSPS) is 13.8. The number of carbonyl (C=O) groups is 2. The Balaban J connectivity index is 4.11. The molecule has 0 bridgehead atoms. The van der Waals surface area contributed by atoms with Crippen LogP contribution >= 0.6 is 7.82 Å². The summed E-state index contributed by atoms with van der Waals surface area (Å²) in [6, 6.07) is 0. The van der Waals surface area contributed by atoms with Crippen LogP contribution in [0, 0.1) is 0 Å². The smallest absolute Gasteiger partial charge is 0.462 e. The average molecular weight is 1300 g/mol. The molecule has 0 saturated heterocycles. The van der Waals surface area contributed by atoms with Crippen LogP contribution in [0.25, 0.3) is 0 Å². The number of rotatable bonds is 69. The quantitative estimate of drug-likeness (QED) is 0.0211. The Morgan fingerprint density at radius 3 is 0.924 bits per heavy atom. The minimum absolute atomic E-state index is 0.0196. The lowest BCUT2D eigenvalue weighted by atomic mass is 10.0. The maximum absolute atomic E-state index is 12.9. The summed E-state index contributed by atoms with van der Waals surface area (Å²) >= 11 is 0. The molecule has 9 nitrogen and oxygen atoms in total. The van der Waals surface area contributed by atoms with E-state index in [0.29, 0.717) is 17.4 Å². The first-order chi connectivity index (χ1) is 45.0. The highest BCUT2D eigenvalue weighted by atomic mass is 31.2. The largest absolute Gasteiger partial charge is 0.472 e. The second-order valence-corrected chi connectivity index (χ2v) is 27.8. The molecule has 2 unspecified atom stereocenters. The van der Waals surface area contributed by atoms with Crippen molar-refractivity contribution in [1.29, 1.82) is 0 Å². The molecule has 0 rings (SSSR count). The van der Waals surface area contributed by atoms with Crippen molar-refractivity contribution in [2.24, 2.45) is 0 Å². The summed E-state index contributed by atoms with van der Waals surface area (Å²) in [7, 11) is 1.45. The van der Waals surface area contributed by atoms with Gasteiger partial charge in [-0.15, -0.1) is 0 Å². The number of esters is 2. The molecule has 0 aromatic rings. The SMILES string of the molecule is CC/C=C\C/C=C\C/C=C\C/C=C\C/C=C\C/C=C\C/C=C\C/C=C\C/C=C\C/C=C\C/C=C\CCCCCC(=O)OC(COC(=O)CCCCCCCCCCCCCCCCCCCCCCCCCCCCCCCCC)COP(=O)(O)OCC[N+](C)(C)C. The zero-order chi connectivity index (χ0) is 66.9. The van der Waals surface area contributed by atoms with Crippen LogP contribution in [0.4, 0.5) is 0 Å². The van der Waals surface area contributed by atoms with Crippen molar-refractivity contribution in [2.75, 3.05) is 47.5 Å². The van der Waals surface area contributed by atoms with Crippen molar-refractivity contribution in [3.05, 3.63) is 134 Å². The molecule has 92 heavy (non-hydrogen) atoms. The number of ether oxygens (including phenoxy) is 2. The van der Waals surface area contributed by atoms with Gasteiger partial charge >= 0.3 is 19.8 Å². The van der Waals surface area contributed by atoms with Crippen LogP contribution in [0.1, 0.15) is 322 Å². The van der Waals surface area contributed by atoms with E-state index < -0.39 is 26.5 Å². The summed E-state index contributed by atoms with van der Waals surface area (Å²) in [4.78, 5) is 35.9. The number of hydrogen-bond donors (Lipinski definition) is 1. The molecular weight excluding hydrogens is 1160 g/mol. The molecule has 10 heteroatoms. The first kappa shape index (κ1) is 88.2. The molecule has 0 aliphatic rings. The Morgan fingerprint density at radius 1 is 0.348 bits per heavy atom. The topological polar surface area (TPSA) is 108 Å². The van der Waals surface area contributed by atoms with Crippen molar-refractivity contribution in [2.45, 2.75) is 328 Å². The summed E-state index contributed by atoms with van der Waals surface area (Å²) < 4.78 is 34.7. The predicted octanol–water partition coefficient (Wildman–Crippen LogP) is 25.2. The van der Waals surface area contributed by atoms with Crippen LogP contribution < -0.4 is 0 Å². The Labute approximate surface area is 568 Å². The molecule has 0 aromatic heterocycles. The molecule has 0 saturated carbocycles. The number of phosphoric acid groups is 1. The second-order valence-electron chi connectivity index (χ2n) is 26.3. The Bertz CT molecular complexity index is 2020. The maximum atomic E-state index is 12.9. The van der Waals surface area contributed by atoms with Gasteiger partial charge in [-0.25, -0.2) is 4.57 Å². The molecule has 0 aliphatic carbocycles. The van der Waals surface area contributed by atoms with E-state index in [1.807, 2.05) is 21.1 Å². The van der Waals surface area contributed by atoms with Gasteiger partial charge in [0.05, 0.1) is 27.7 Å². The lowest BCUT2D eigenvalue weighted by molar-refractivity contribution is -0.870. The highest BCUT2D eigenvalue weighted by molar-refractivity contribution is 7.47. The minimum atomic E-state index is -4.41. The van der Waals surface area contributed by atoms with Crippen molar-refractivity contribution in [3.63, 3.8) is 0 Å². The monoisotopic (exact) mass is 1300 g/mol. The van der Waals surface area contributed by atoms with Gasteiger partial charge in [0, 0.05) is 12.8 Å². The number of unbranched alkanes of at least 4 members (excludes halogenated alkanes) is 33. The van der Waals surface area contributed by atoms with Gasteiger partial charge in [-0.3, -0.25) is 18.6 Å². The van der Waals surface area contributed by atoms with E-state index in [0.717, 1.165) is 109 Å². The second kappa shape index (κ2) is 71.4. The van der Waals surface area contributed by atoms with E-state index in [2.05, 4.69) is 148 Å². The van der Waals surface area contributed by atoms with Gasteiger partial charge in [0.2, 0.25) is 0 Å². The molecule has 1 N–H and O–H groups in total. The van der Waals surface area contributed by atoms with E-state index >= 15 is 0 Å². The van der Waals surface area contributed by atoms with Gasteiger partial charge in [0.25, 0.3) is 0 Å². The van der Waals surface area contributed by atoms with Crippen molar-refractivity contribution in [3.8, 4) is 0 Å². The molecule has 0 aromatic carbocycles. The average Bonchev–Trinajstić information content (AvgIpc) is 2.34. The van der Waals surface area contributed by atoms with Gasteiger partial charge in [-0.2, -0.15) is 0 Å². The zero-order valence-electron chi connectivity index (χ0n) is 60.2.